The molecule has 2 aromatic rings. The number of methoxy groups -OCH3 is 2. The molecular formula is C17H23NO2S. The first-order valence-corrected chi connectivity index (χ1v) is 8.09. The molecule has 1 atom stereocenters. The van der Waals surface area contributed by atoms with Crippen LogP contribution < -0.4 is 15.2 Å². The van der Waals surface area contributed by atoms with Crippen LogP contribution in [0.1, 0.15) is 23.3 Å². The molecule has 0 bridgehead atoms. The van der Waals surface area contributed by atoms with Crippen LogP contribution in [-0.4, -0.2) is 20.3 Å². The molecule has 1 unspecified atom stereocenters. The van der Waals surface area contributed by atoms with Crippen molar-refractivity contribution in [1.29, 1.82) is 0 Å². The Morgan fingerprint density at radius 1 is 1.14 bits per heavy atom. The molecule has 4 heteroatoms. The zero-order valence-electron chi connectivity index (χ0n) is 12.7. The minimum atomic E-state index is 0.183. The van der Waals surface area contributed by atoms with Gasteiger partial charge in [0, 0.05) is 10.9 Å². The summed E-state index contributed by atoms with van der Waals surface area (Å²) >= 11 is 1.82. The Hall–Kier alpha value is -1.52. The molecule has 0 saturated heterocycles. The van der Waals surface area contributed by atoms with Crippen LogP contribution in [0.5, 0.6) is 11.5 Å². The lowest BCUT2D eigenvalue weighted by Crippen LogP contribution is -2.22. The van der Waals surface area contributed by atoms with Crippen molar-refractivity contribution in [2.75, 3.05) is 14.2 Å². The maximum atomic E-state index is 6.24. The summed E-state index contributed by atoms with van der Waals surface area (Å²) in [7, 11) is 3.30. The van der Waals surface area contributed by atoms with Gasteiger partial charge in [0.2, 0.25) is 0 Å². The van der Waals surface area contributed by atoms with Crippen molar-refractivity contribution < 1.29 is 9.47 Å². The van der Waals surface area contributed by atoms with Crippen molar-refractivity contribution >= 4 is 11.3 Å². The van der Waals surface area contributed by atoms with Gasteiger partial charge in [-0.3, -0.25) is 0 Å². The molecule has 1 heterocycles. The maximum absolute atomic E-state index is 6.24. The van der Waals surface area contributed by atoms with E-state index >= 15 is 0 Å². The summed E-state index contributed by atoms with van der Waals surface area (Å²) in [4.78, 5) is 1.44. The number of hydrogen-bond acceptors (Lipinski definition) is 4. The summed E-state index contributed by atoms with van der Waals surface area (Å²) in [6.07, 6.45) is 4.16. The number of benzene rings is 1. The van der Waals surface area contributed by atoms with Crippen molar-refractivity contribution in [3.8, 4) is 11.5 Å². The quantitative estimate of drug-likeness (QED) is 0.809. The largest absolute Gasteiger partial charge is 0.493 e. The molecule has 114 valence electrons. The third kappa shape index (κ3) is 4.76. The van der Waals surface area contributed by atoms with Crippen LogP contribution in [0.3, 0.4) is 0 Å². The van der Waals surface area contributed by atoms with E-state index in [1.54, 1.807) is 14.2 Å². The van der Waals surface area contributed by atoms with Gasteiger partial charge < -0.3 is 15.2 Å². The van der Waals surface area contributed by atoms with Gasteiger partial charge in [-0.2, -0.15) is 0 Å². The van der Waals surface area contributed by atoms with Gasteiger partial charge in [0.05, 0.1) is 14.2 Å². The smallest absolute Gasteiger partial charge is 0.160 e. The van der Waals surface area contributed by atoms with Crippen LogP contribution in [0, 0.1) is 0 Å². The fraction of sp³-hybridized carbons (Fsp3) is 0.412. The minimum Gasteiger partial charge on any atom is -0.493 e. The molecule has 2 rings (SSSR count). The van der Waals surface area contributed by atoms with Gasteiger partial charge in [0.1, 0.15) is 0 Å². The number of ether oxygens (including phenoxy) is 2. The fourth-order valence-electron chi connectivity index (χ4n) is 2.41. The molecule has 3 nitrogen and oxygen atoms in total. The molecule has 0 aliphatic heterocycles. The van der Waals surface area contributed by atoms with Gasteiger partial charge in [0.25, 0.3) is 0 Å². The second kappa shape index (κ2) is 8.05. The van der Waals surface area contributed by atoms with E-state index in [0.717, 1.165) is 37.2 Å². The first-order valence-electron chi connectivity index (χ1n) is 7.21. The predicted octanol–water partition coefficient (Wildman–Crippen LogP) is 3.66. The first-order chi connectivity index (χ1) is 10.2. The number of rotatable bonds is 8. The van der Waals surface area contributed by atoms with Crippen molar-refractivity contribution in [2.24, 2.45) is 5.73 Å². The van der Waals surface area contributed by atoms with E-state index in [0.29, 0.717) is 0 Å². The zero-order chi connectivity index (χ0) is 15.1. The lowest BCUT2D eigenvalue weighted by molar-refractivity contribution is 0.354. The van der Waals surface area contributed by atoms with Gasteiger partial charge >= 0.3 is 0 Å². The van der Waals surface area contributed by atoms with E-state index in [2.05, 4.69) is 23.6 Å². The summed E-state index contributed by atoms with van der Waals surface area (Å²) in [6.45, 7) is 0. The van der Waals surface area contributed by atoms with Crippen molar-refractivity contribution in [3.05, 3.63) is 46.2 Å². The number of thiophene rings is 1. The highest BCUT2D eigenvalue weighted by Gasteiger charge is 2.08. The van der Waals surface area contributed by atoms with Crippen LogP contribution in [0.4, 0.5) is 0 Å². The fourth-order valence-corrected chi connectivity index (χ4v) is 3.16. The Morgan fingerprint density at radius 2 is 1.95 bits per heavy atom. The summed E-state index contributed by atoms with van der Waals surface area (Å²) in [5.74, 6) is 1.52. The highest BCUT2D eigenvalue weighted by atomic mass is 32.1. The summed E-state index contributed by atoms with van der Waals surface area (Å²) < 4.78 is 10.6. The Bertz CT molecular complexity index is 540. The molecule has 1 aromatic carbocycles. The molecule has 0 radical (unpaired) electrons. The molecule has 0 fully saturated rings. The van der Waals surface area contributed by atoms with E-state index in [1.165, 1.54) is 10.4 Å². The molecule has 1 aromatic heterocycles. The monoisotopic (exact) mass is 305 g/mol. The predicted molar refractivity (Wildman–Crippen MR) is 88.5 cm³/mol. The van der Waals surface area contributed by atoms with Crippen LogP contribution in [0.25, 0.3) is 0 Å². The number of hydrogen-bond donors (Lipinski definition) is 1. The summed E-state index contributed by atoms with van der Waals surface area (Å²) in [5.41, 5.74) is 7.43. The molecule has 2 N–H and O–H groups in total. The highest BCUT2D eigenvalue weighted by molar-refractivity contribution is 7.09. The standard InChI is InChI=1S/C17H23NO2S/c1-19-16-9-8-13(12-17(16)20-2)11-14(18)5-3-6-15-7-4-10-21-15/h4,7-10,12,14H,3,5-6,11,18H2,1-2H3. The molecule has 0 saturated carbocycles. The van der Waals surface area contributed by atoms with Gasteiger partial charge in [-0.15, -0.1) is 11.3 Å². The highest BCUT2D eigenvalue weighted by Crippen LogP contribution is 2.28. The molecule has 0 amide bonds. The zero-order valence-corrected chi connectivity index (χ0v) is 13.5. The van der Waals surface area contributed by atoms with E-state index in [4.69, 9.17) is 15.2 Å². The Labute approximate surface area is 130 Å². The van der Waals surface area contributed by atoms with Crippen LogP contribution in [0.2, 0.25) is 0 Å². The van der Waals surface area contributed by atoms with E-state index < -0.39 is 0 Å². The average molecular weight is 305 g/mol. The third-order valence-corrected chi connectivity index (χ3v) is 4.46. The molecule has 0 aliphatic carbocycles. The summed E-state index contributed by atoms with van der Waals surface area (Å²) in [5, 5.41) is 2.12. The first kappa shape index (κ1) is 15.9. The lowest BCUT2D eigenvalue weighted by Gasteiger charge is -2.13. The Balaban J connectivity index is 1.83. The van der Waals surface area contributed by atoms with Gasteiger partial charge in [0.15, 0.2) is 11.5 Å². The molecule has 0 aliphatic rings. The van der Waals surface area contributed by atoms with Crippen LogP contribution in [-0.2, 0) is 12.8 Å². The van der Waals surface area contributed by atoms with E-state index in [-0.39, 0.29) is 6.04 Å². The topological polar surface area (TPSA) is 44.5 Å². The summed E-state index contributed by atoms with van der Waals surface area (Å²) in [6, 6.07) is 10.5. The second-order valence-corrected chi connectivity index (χ2v) is 6.16. The van der Waals surface area contributed by atoms with E-state index in [1.807, 2.05) is 23.5 Å². The number of aryl methyl sites for hydroxylation is 1. The Kier molecular flexibility index (Phi) is 6.08. The lowest BCUT2D eigenvalue weighted by atomic mass is 10.0. The third-order valence-electron chi connectivity index (χ3n) is 3.52. The van der Waals surface area contributed by atoms with Crippen molar-refractivity contribution in [3.63, 3.8) is 0 Å². The van der Waals surface area contributed by atoms with Crippen molar-refractivity contribution in [2.45, 2.75) is 31.7 Å². The maximum Gasteiger partial charge on any atom is 0.160 e. The van der Waals surface area contributed by atoms with Gasteiger partial charge in [-0.25, -0.2) is 0 Å². The van der Waals surface area contributed by atoms with Crippen LogP contribution >= 0.6 is 11.3 Å². The molecule has 0 spiro atoms. The van der Waals surface area contributed by atoms with Gasteiger partial charge in [-0.1, -0.05) is 12.1 Å². The Morgan fingerprint density at radius 3 is 2.62 bits per heavy atom. The molecule has 21 heavy (non-hydrogen) atoms. The molecular weight excluding hydrogens is 282 g/mol. The number of nitrogens with two attached hydrogens (primary N) is 1. The second-order valence-electron chi connectivity index (χ2n) is 5.13. The minimum absolute atomic E-state index is 0.183. The van der Waals surface area contributed by atoms with Crippen LogP contribution in [0.15, 0.2) is 35.7 Å². The van der Waals surface area contributed by atoms with E-state index in [9.17, 15) is 0 Å². The normalized spacial score (nSPS) is 12.1. The van der Waals surface area contributed by atoms with Crippen molar-refractivity contribution in [1.82, 2.24) is 0 Å². The average Bonchev–Trinajstić information content (AvgIpc) is 3.00. The SMILES string of the molecule is COc1ccc(CC(N)CCCc2cccs2)cc1OC. The van der Waals surface area contributed by atoms with Gasteiger partial charge in [-0.05, 0) is 54.8 Å².